The smallest absolute Gasteiger partial charge is 0.361 e. The number of rotatable bonds is 7. The number of benzene rings is 2. The van der Waals surface area contributed by atoms with Gasteiger partial charge < -0.3 is 4.52 Å². The number of aryl methyl sites for hydroxylation is 2. The average molecular weight is 466 g/mol. The van der Waals surface area contributed by atoms with Crippen LogP contribution in [-0.4, -0.2) is 16.0 Å². The van der Waals surface area contributed by atoms with Gasteiger partial charge in [-0.3, -0.25) is 25.8 Å². The van der Waals surface area contributed by atoms with E-state index < -0.39 is 28.3 Å². The van der Waals surface area contributed by atoms with Crippen LogP contribution in [0.3, 0.4) is 0 Å². The molecule has 1 heterocycles. The van der Waals surface area contributed by atoms with Crippen LogP contribution in [0.15, 0.2) is 51.9 Å². The summed E-state index contributed by atoms with van der Waals surface area (Å²) in [6.45, 7) is 3.60. The van der Waals surface area contributed by atoms with Gasteiger partial charge in [0, 0.05) is 22.3 Å². The van der Waals surface area contributed by atoms with Crippen LogP contribution < -0.4 is 10.9 Å². The maximum atomic E-state index is 12.8. The molecular formula is C20H17F3N4O4S. The first-order valence-electron chi connectivity index (χ1n) is 9.13. The van der Waals surface area contributed by atoms with Crippen molar-refractivity contribution in [1.29, 1.82) is 0 Å². The van der Waals surface area contributed by atoms with E-state index in [0.29, 0.717) is 28.5 Å². The fourth-order valence-electron chi connectivity index (χ4n) is 2.79. The molecule has 2 N–H and O–H groups in total. The third kappa shape index (κ3) is 5.19. The highest BCUT2D eigenvalue weighted by Gasteiger charge is 2.33. The summed E-state index contributed by atoms with van der Waals surface area (Å²) in [6, 6.07) is 8.68. The average Bonchev–Trinajstić information content (AvgIpc) is 3.07. The molecular weight excluding hydrogens is 449 g/mol. The van der Waals surface area contributed by atoms with Crippen LogP contribution >= 0.6 is 11.8 Å². The fraction of sp³-hybridized carbons (Fsp3) is 0.200. The number of nitro groups is 1. The summed E-state index contributed by atoms with van der Waals surface area (Å²) < 4.78 is 43.7. The van der Waals surface area contributed by atoms with E-state index in [9.17, 15) is 28.1 Å². The van der Waals surface area contributed by atoms with Gasteiger partial charge in [0.15, 0.2) is 0 Å². The van der Waals surface area contributed by atoms with Gasteiger partial charge >= 0.3 is 6.18 Å². The van der Waals surface area contributed by atoms with Crippen molar-refractivity contribution in [1.82, 2.24) is 10.6 Å². The minimum Gasteiger partial charge on any atom is -0.361 e. The van der Waals surface area contributed by atoms with E-state index in [1.807, 2.05) is 6.92 Å². The van der Waals surface area contributed by atoms with Gasteiger partial charge in [0.2, 0.25) is 0 Å². The number of carbonyl (C=O) groups is 1. The van der Waals surface area contributed by atoms with E-state index in [2.05, 4.69) is 16.0 Å². The molecule has 1 amide bonds. The zero-order valence-corrected chi connectivity index (χ0v) is 17.6. The Labute approximate surface area is 184 Å². The third-order valence-corrected chi connectivity index (χ3v) is 5.62. The molecule has 168 valence electrons. The molecule has 0 aliphatic rings. The lowest BCUT2D eigenvalue weighted by Gasteiger charge is -2.13. The number of thioether (sulfide) groups is 1. The SMILES string of the molecule is Cc1noc(C)c1CSc1ccccc1C(=O)NNc1ccc(C(F)(F)F)cc1[N+](=O)[O-]. The van der Waals surface area contributed by atoms with Gasteiger partial charge in [-0.25, -0.2) is 0 Å². The van der Waals surface area contributed by atoms with Crippen LogP contribution in [0.2, 0.25) is 0 Å². The largest absolute Gasteiger partial charge is 0.416 e. The number of nitrogens with one attached hydrogen (secondary N) is 2. The summed E-state index contributed by atoms with van der Waals surface area (Å²) in [5.74, 6) is 0.567. The minimum absolute atomic E-state index is 0.280. The summed E-state index contributed by atoms with van der Waals surface area (Å²) in [5.41, 5.74) is 4.32. The number of aromatic nitrogens is 1. The number of halogens is 3. The minimum atomic E-state index is -4.73. The third-order valence-electron chi connectivity index (χ3n) is 4.52. The number of nitrogens with zero attached hydrogens (tertiary/aromatic N) is 2. The number of nitro benzene ring substituents is 1. The molecule has 0 spiro atoms. The molecule has 0 fully saturated rings. The number of amides is 1. The predicted molar refractivity (Wildman–Crippen MR) is 111 cm³/mol. The van der Waals surface area contributed by atoms with Crippen LogP contribution in [0.1, 0.15) is 32.9 Å². The molecule has 0 radical (unpaired) electrons. The van der Waals surface area contributed by atoms with Crippen molar-refractivity contribution in [2.24, 2.45) is 0 Å². The summed E-state index contributed by atoms with van der Waals surface area (Å²) in [5, 5.41) is 15.1. The van der Waals surface area contributed by atoms with Gasteiger partial charge in [-0.05, 0) is 38.1 Å². The zero-order chi connectivity index (χ0) is 23.5. The van der Waals surface area contributed by atoms with E-state index in [-0.39, 0.29) is 11.3 Å². The molecule has 0 aliphatic heterocycles. The fourth-order valence-corrected chi connectivity index (χ4v) is 4.00. The molecule has 0 bridgehead atoms. The summed E-state index contributed by atoms with van der Waals surface area (Å²) in [4.78, 5) is 23.5. The number of anilines is 1. The number of hydrogen-bond donors (Lipinski definition) is 2. The molecule has 0 aliphatic carbocycles. The summed E-state index contributed by atoms with van der Waals surface area (Å²) >= 11 is 1.37. The Bertz CT molecular complexity index is 1140. The number of carbonyl (C=O) groups excluding carboxylic acids is 1. The standard InChI is InChI=1S/C20H17F3N4O4S/c1-11-15(12(2)31-26-11)10-32-18-6-4-3-5-14(18)19(28)25-24-16-8-7-13(20(21,22)23)9-17(16)27(29)30/h3-9,24H,10H2,1-2H3,(H,25,28). The molecule has 0 saturated heterocycles. The lowest BCUT2D eigenvalue weighted by molar-refractivity contribution is -0.384. The second-order valence-corrected chi connectivity index (χ2v) is 7.67. The molecule has 0 saturated carbocycles. The monoisotopic (exact) mass is 466 g/mol. The Hall–Kier alpha value is -3.54. The highest BCUT2D eigenvalue weighted by Crippen LogP contribution is 2.35. The first-order valence-corrected chi connectivity index (χ1v) is 10.1. The maximum absolute atomic E-state index is 12.8. The van der Waals surface area contributed by atoms with Crippen molar-refractivity contribution in [3.8, 4) is 0 Å². The molecule has 32 heavy (non-hydrogen) atoms. The Balaban J connectivity index is 1.75. The molecule has 8 nitrogen and oxygen atoms in total. The van der Waals surface area contributed by atoms with Crippen molar-refractivity contribution >= 4 is 29.0 Å². The lowest BCUT2D eigenvalue weighted by Crippen LogP contribution is -2.30. The van der Waals surface area contributed by atoms with E-state index >= 15 is 0 Å². The van der Waals surface area contributed by atoms with E-state index in [4.69, 9.17) is 4.52 Å². The Morgan fingerprint density at radius 3 is 2.56 bits per heavy atom. The van der Waals surface area contributed by atoms with Crippen LogP contribution in [-0.2, 0) is 11.9 Å². The summed E-state index contributed by atoms with van der Waals surface area (Å²) in [7, 11) is 0. The second kappa shape index (κ2) is 9.30. The Morgan fingerprint density at radius 2 is 1.94 bits per heavy atom. The predicted octanol–water partition coefficient (Wildman–Crippen LogP) is 5.27. The first kappa shape index (κ1) is 23.1. The lowest BCUT2D eigenvalue weighted by atomic mass is 10.1. The van der Waals surface area contributed by atoms with Crippen LogP contribution in [0.5, 0.6) is 0 Å². The Morgan fingerprint density at radius 1 is 1.22 bits per heavy atom. The number of alkyl halides is 3. The summed E-state index contributed by atoms with van der Waals surface area (Å²) in [6.07, 6.45) is -4.73. The normalized spacial score (nSPS) is 11.3. The van der Waals surface area contributed by atoms with Crippen molar-refractivity contribution in [3.63, 3.8) is 0 Å². The topological polar surface area (TPSA) is 110 Å². The van der Waals surface area contributed by atoms with Gasteiger partial charge in [0.25, 0.3) is 11.6 Å². The Kier molecular flexibility index (Phi) is 6.72. The number of hydrogen-bond acceptors (Lipinski definition) is 7. The van der Waals surface area contributed by atoms with Crippen molar-refractivity contribution < 1.29 is 27.4 Å². The molecule has 3 rings (SSSR count). The van der Waals surface area contributed by atoms with Crippen molar-refractivity contribution in [2.45, 2.75) is 30.7 Å². The highest BCUT2D eigenvalue weighted by atomic mass is 32.2. The molecule has 1 aromatic heterocycles. The van der Waals surface area contributed by atoms with Crippen LogP contribution in [0, 0.1) is 24.0 Å². The van der Waals surface area contributed by atoms with Gasteiger partial charge in [0.1, 0.15) is 11.4 Å². The van der Waals surface area contributed by atoms with Gasteiger partial charge in [0.05, 0.1) is 21.7 Å². The molecule has 2 aromatic carbocycles. The van der Waals surface area contributed by atoms with Crippen LogP contribution in [0.25, 0.3) is 0 Å². The van der Waals surface area contributed by atoms with Gasteiger partial charge in [-0.15, -0.1) is 11.8 Å². The molecule has 3 aromatic rings. The van der Waals surface area contributed by atoms with Crippen molar-refractivity contribution in [2.75, 3.05) is 5.43 Å². The number of hydrazine groups is 1. The van der Waals surface area contributed by atoms with Crippen molar-refractivity contribution in [3.05, 3.63) is 80.7 Å². The van der Waals surface area contributed by atoms with Gasteiger partial charge in [-0.2, -0.15) is 13.2 Å². The zero-order valence-electron chi connectivity index (χ0n) is 16.8. The second-order valence-electron chi connectivity index (χ2n) is 6.65. The van der Waals surface area contributed by atoms with E-state index in [0.717, 1.165) is 17.3 Å². The van der Waals surface area contributed by atoms with E-state index in [1.54, 1.807) is 31.2 Å². The van der Waals surface area contributed by atoms with E-state index in [1.165, 1.54) is 11.8 Å². The maximum Gasteiger partial charge on any atom is 0.416 e. The van der Waals surface area contributed by atoms with Gasteiger partial charge in [-0.1, -0.05) is 17.3 Å². The molecule has 0 atom stereocenters. The first-order chi connectivity index (χ1) is 15.1. The molecule has 12 heteroatoms. The quantitative estimate of drug-likeness (QED) is 0.277. The molecule has 0 unspecified atom stereocenters. The van der Waals surface area contributed by atoms with Crippen LogP contribution in [0.4, 0.5) is 24.5 Å². The highest BCUT2D eigenvalue weighted by molar-refractivity contribution is 7.98.